The van der Waals surface area contributed by atoms with Crippen LogP contribution in [0.2, 0.25) is 0 Å². The number of ether oxygens (including phenoxy) is 2. The lowest BCUT2D eigenvalue weighted by Gasteiger charge is -2.20. The fraction of sp³-hybridized carbons (Fsp3) is 0.578. The van der Waals surface area contributed by atoms with E-state index in [2.05, 4.69) is 123 Å². The Morgan fingerprint density at radius 2 is 0.981 bits per heavy atom. The second-order valence-corrected chi connectivity index (χ2v) is 14.2. The maximum absolute atomic E-state index is 12.5. The summed E-state index contributed by atoms with van der Waals surface area (Å²) in [4.78, 5) is 22.4. The van der Waals surface area contributed by atoms with Crippen molar-refractivity contribution in [3.05, 3.63) is 109 Å². The summed E-state index contributed by atoms with van der Waals surface area (Å²) in [5.41, 5.74) is 5.36. The predicted molar refractivity (Wildman–Crippen MR) is 228 cm³/mol. The van der Waals surface area contributed by atoms with Gasteiger partial charge in [0.15, 0.2) is 0 Å². The zero-order valence-electron chi connectivity index (χ0n) is 33.7. The highest BCUT2D eigenvalue weighted by Crippen LogP contribution is 2.43. The number of esters is 1. The third-order valence-corrected chi connectivity index (χ3v) is 8.67. The van der Waals surface area contributed by atoms with Crippen LogP contribution in [0, 0.1) is 0 Å². The smallest absolute Gasteiger partial charge is 0.457 e. The fourth-order valence-electron chi connectivity index (χ4n) is 4.79. The summed E-state index contributed by atoms with van der Waals surface area (Å²) in [7, 11) is -4.30. The molecule has 0 saturated heterocycles. The summed E-state index contributed by atoms with van der Waals surface area (Å²) in [6.45, 7) is 4.52. The quantitative estimate of drug-likeness (QED) is 0.0277. The molecule has 0 aliphatic rings. The molecule has 0 spiro atoms. The van der Waals surface area contributed by atoms with Crippen LogP contribution >= 0.6 is 7.82 Å². The SMILES string of the molecule is CC/C=C\C/C=C\C/C=C\C/C=C\C/C=C\CCCC(=O)OC(COCCCCCCC/C=C\C/C=C\C/C=C\C/C=C\CC)COP(=O)(O)OCCN. The second kappa shape index (κ2) is 41.3. The molecule has 0 amide bonds. The molecule has 3 N–H and O–H groups in total. The first kappa shape index (κ1) is 51.2. The Balaban J connectivity index is 4.24. The van der Waals surface area contributed by atoms with Crippen LogP contribution < -0.4 is 5.73 Å². The van der Waals surface area contributed by atoms with E-state index in [4.69, 9.17) is 24.3 Å². The van der Waals surface area contributed by atoms with Gasteiger partial charge in [-0.05, 0) is 89.9 Å². The maximum atomic E-state index is 12.5. The van der Waals surface area contributed by atoms with Crippen molar-refractivity contribution in [3.63, 3.8) is 0 Å². The zero-order valence-corrected chi connectivity index (χ0v) is 34.5. The first-order valence-electron chi connectivity index (χ1n) is 20.4. The van der Waals surface area contributed by atoms with Gasteiger partial charge in [-0.15, -0.1) is 0 Å². The van der Waals surface area contributed by atoms with Crippen LogP contribution in [-0.2, 0) is 27.9 Å². The number of carbonyl (C=O) groups excluding carboxylic acids is 1. The van der Waals surface area contributed by atoms with Crippen molar-refractivity contribution < 1.29 is 32.8 Å². The van der Waals surface area contributed by atoms with Crippen LogP contribution in [0.4, 0.5) is 0 Å². The maximum Gasteiger partial charge on any atom is 0.472 e. The van der Waals surface area contributed by atoms with E-state index in [-0.39, 0.29) is 32.8 Å². The number of hydrogen-bond acceptors (Lipinski definition) is 7. The van der Waals surface area contributed by atoms with Crippen molar-refractivity contribution in [2.45, 2.75) is 136 Å². The van der Waals surface area contributed by atoms with Gasteiger partial charge in [-0.25, -0.2) is 4.57 Å². The van der Waals surface area contributed by atoms with Gasteiger partial charge in [0.1, 0.15) is 6.10 Å². The summed E-state index contributed by atoms with van der Waals surface area (Å²) in [6, 6.07) is 0. The topological polar surface area (TPSA) is 117 Å². The van der Waals surface area contributed by atoms with Crippen molar-refractivity contribution in [2.75, 3.05) is 33.0 Å². The molecule has 0 rings (SSSR count). The molecule has 54 heavy (non-hydrogen) atoms. The molecule has 0 fully saturated rings. The van der Waals surface area contributed by atoms with Gasteiger partial charge < -0.3 is 20.1 Å². The largest absolute Gasteiger partial charge is 0.472 e. The van der Waals surface area contributed by atoms with Crippen molar-refractivity contribution in [1.29, 1.82) is 0 Å². The third kappa shape index (κ3) is 40.3. The van der Waals surface area contributed by atoms with Crippen molar-refractivity contribution >= 4 is 13.8 Å². The number of unbranched alkanes of at least 4 members (excludes halogenated alkanes) is 6. The lowest BCUT2D eigenvalue weighted by molar-refractivity contribution is -0.154. The van der Waals surface area contributed by atoms with Gasteiger partial charge in [-0.2, -0.15) is 0 Å². The van der Waals surface area contributed by atoms with Crippen molar-refractivity contribution in [3.8, 4) is 0 Å². The number of carbonyl (C=O) groups is 1. The molecule has 0 aromatic rings. The van der Waals surface area contributed by atoms with E-state index >= 15 is 0 Å². The molecule has 2 unspecified atom stereocenters. The number of rotatable bonds is 37. The average molecular weight is 772 g/mol. The Bertz CT molecular complexity index is 1180. The molecule has 306 valence electrons. The number of phosphoric ester groups is 1. The van der Waals surface area contributed by atoms with Gasteiger partial charge in [0.2, 0.25) is 0 Å². The lowest BCUT2D eigenvalue weighted by Crippen LogP contribution is -2.28. The van der Waals surface area contributed by atoms with Crippen LogP contribution in [0.15, 0.2) is 109 Å². The number of phosphoric acid groups is 1. The van der Waals surface area contributed by atoms with Crippen LogP contribution in [0.3, 0.4) is 0 Å². The molecule has 9 heteroatoms. The van der Waals surface area contributed by atoms with Crippen molar-refractivity contribution in [2.24, 2.45) is 5.73 Å². The number of hydrogen-bond donors (Lipinski definition) is 2. The highest BCUT2D eigenvalue weighted by Gasteiger charge is 2.25. The predicted octanol–water partition coefficient (Wildman–Crippen LogP) is 12.1. The van der Waals surface area contributed by atoms with E-state index in [0.717, 1.165) is 89.9 Å². The first-order valence-corrected chi connectivity index (χ1v) is 21.9. The zero-order chi connectivity index (χ0) is 39.5. The van der Waals surface area contributed by atoms with E-state index < -0.39 is 19.9 Å². The van der Waals surface area contributed by atoms with E-state index in [0.29, 0.717) is 13.0 Å². The van der Waals surface area contributed by atoms with E-state index in [1.54, 1.807) is 0 Å². The molecule has 8 nitrogen and oxygen atoms in total. The molecule has 0 aliphatic heterocycles. The molecule has 0 aliphatic carbocycles. The summed E-state index contributed by atoms with van der Waals surface area (Å²) in [6.07, 6.45) is 55.4. The van der Waals surface area contributed by atoms with Gasteiger partial charge in [-0.1, -0.05) is 142 Å². The molecular weight excluding hydrogens is 697 g/mol. The highest BCUT2D eigenvalue weighted by molar-refractivity contribution is 7.47. The Morgan fingerprint density at radius 3 is 1.46 bits per heavy atom. The summed E-state index contributed by atoms with van der Waals surface area (Å²) < 4.78 is 33.3. The normalized spacial score (nSPS) is 14.7. The van der Waals surface area contributed by atoms with Crippen LogP contribution in [0.1, 0.15) is 129 Å². The molecule has 0 aromatic carbocycles. The second-order valence-electron chi connectivity index (χ2n) is 12.7. The lowest BCUT2D eigenvalue weighted by atomic mass is 10.1. The molecule has 2 atom stereocenters. The Morgan fingerprint density at radius 1 is 0.556 bits per heavy atom. The summed E-state index contributed by atoms with van der Waals surface area (Å²) in [5.74, 6) is -0.400. The van der Waals surface area contributed by atoms with E-state index in [9.17, 15) is 14.3 Å². The number of allylic oxidation sites excluding steroid dienone is 18. The minimum atomic E-state index is -4.30. The molecule has 0 radical (unpaired) electrons. The van der Waals surface area contributed by atoms with Gasteiger partial charge in [0.05, 0.1) is 19.8 Å². The third-order valence-electron chi connectivity index (χ3n) is 7.69. The Labute approximate surface area is 329 Å². The Hall–Kier alpha value is -2.84. The molecular formula is C45H74NO7P. The van der Waals surface area contributed by atoms with E-state index in [1.807, 2.05) is 0 Å². The molecule has 0 aromatic heterocycles. The standard InChI is InChI=1S/C45H74NO7P/c1-3-5-7-9-11-13-15-17-19-21-23-25-27-29-31-33-35-37-40-50-42-44(43-52-54(48,49)51-41-39-46)53-45(47)38-36-34-32-30-28-26-24-22-20-18-16-14-12-10-8-6-4-2/h5-8,11-14,17-20,23-26,30,32,44H,3-4,9-10,15-16,21-22,27-29,31,33-43,46H2,1-2H3,(H,48,49)/b7-5-,8-6-,13-11-,14-12-,19-17-,20-18-,25-23-,26-24-,32-30-. The summed E-state index contributed by atoms with van der Waals surface area (Å²) in [5, 5.41) is 0. The highest BCUT2D eigenvalue weighted by atomic mass is 31.2. The number of nitrogens with two attached hydrogens (primary N) is 1. The average Bonchev–Trinajstić information content (AvgIpc) is 3.16. The monoisotopic (exact) mass is 772 g/mol. The van der Waals surface area contributed by atoms with Crippen LogP contribution in [-0.4, -0.2) is 49.9 Å². The van der Waals surface area contributed by atoms with Gasteiger partial charge >= 0.3 is 13.8 Å². The van der Waals surface area contributed by atoms with Gasteiger partial charge in [0, 0.05) is 19.6 Å². The fourth-order valence-corrected chi connectivity index (χ4v) is 5.55. The van der Waals surface area contributed by atoms with Crippen LogP contribution in [0.25, 0.3) is 0 Å². The van der Waals surface area contributed by atoms with Gasteiger partial charge in [-0.3, -0.25) is 13.8 Å². The molecule has 0 saturated carbocycles. The molecule has 0 bridgehead atoms. The minimum Gasteiger partial charge on any atom is -0.457 e. The first-order chi connectivity index (χ1) is 26.4. The minimum absolute atomic E-state index is 0.0726. The molecule has 0 heterocycles. The van der Waals surface area contributed by atoms with Crippen LogP contribution in [0.5, 0.6) is 0 Å². The van der Waals surface area contributed by atoms with Gasteiger partial charge in [0.25, 0.3) is 0 Å². The van der Waals surface area contributed by atoms with E-state index in [1.165, 1.54) is 12.8 Å². The summed E-state index contributed by atoms with van der Waals surface area (Å²) >= 11 is 0. The van der Waals surface area contributed by atoms with Crippen molar-refractivity contribution in [1.82, 2.24) is 0 Å². The Kier molecular flexibility index (Phi) is 39.2.